The average Bonchev–Trinajstić information content (AvgIpc) is 3.22. The number of aryl methyl sites for hydroxylation is 1. The van der Waals surface area contributed by atoms with Gasteiger partial charge >= 0.3 is 0 Å². The van der Waals surface area contributed by atoms with Crippen LogP contribution in [-0.4, -0.2) is 23.3 Å². The number of hydrogen-bond donors (Lipinski definition) is 1. The predicted molar refractivity (Wildman–Crippen MR) is 103 cm³/mol. The fourth-order valence-electron chi connectivity index (χ4n) is 3.27. The molecule has 2 heterocycles. The number of fused-ring (bicyclic) bond motifs is 1. The standard InChI is InChI=1S/C22H20N2O3/c1-15-4-6-17(7-5-15)21(25)23-19-9-8-16-10-11-24(14-18(16)13-19)22(26)20-3-2-12-27-20/h2-9,12-13H,10-11,14H2,1H3,(H,23,25). The lowest BCUT2D eigenvalue weighted by Crippen LogP contribution is -2.35. The van der Waals surface area contributed by atoms with Crippen molar-refractivity contribution in [2.45, 2.75) is 19.9 Å². The van der Waals surface area contributed by atoms with E-state index in [0.29, 0.717) is 24.4 Å². The quantitative estimate of drug-likeness (QED) is 0.767. The number of carbonyl (C=O) groups excluding carboxylic acids is 2. The number of benzene rings is 2. The minimum absolute atomic E-state index is 0.111. The van der Waals surface area contributed by atoms with Gasteiger partial charge in [-0.25, -0.2) is 0 Å². The van der Waals surface area contributed by atoms with E-state index in [-0.39, 0.29) is 11.8 Å². The van der Waals surface area contributed by atoms with Gasteiger partial charge in [-0.05, 0) is 60.9 Å². The molecule has 1 aliphatic rings. The maximum Gasteiger partial charge on any atom is 0.289 e. The van der Waals surface area contributed by atoms with Crippen molar-refractivity contribution in [2.24, 2.45) is 0 Å². The molecule has 0 spiro atoms. The van der Waals surface area contributed by atoms with Crippen LogP contribution in [0.4, 0.5) is 5.69 Å². The van der Waals surface area contributed by atoms with Crippen LogP contribution in [0, 0.1) is 6.92 Å². The molecule has 0 saturated heterocycles. The Hall–Kier alpha value is -3.34. The minimum Gasteiger partial charge on any atom is -0.459 e. The van der Waals surface area contributed by atoms with Crippen molar-refractivity contribution in [3.8, 4) is 0 Å². The molecule has 0 radical (unpaired) electrons. The van der Waals surface area contributed by atoms with Crippen LogP contribution in [0.2, 0.25) is 0 Å². The van der Waals surface area contributed by atoms with Crippen molar-refractivity contribution in [3.05, 3.63) is 88.9 Å². The first-order valence-corrected chi connectivity index (χ1v) is 8.93. The monoisotopic (exact) mass is 360 g/mol. The number of nitrogens with one attached hydrogen (secondary N) is 1. The topological polar surface area (TPSA) is 62.6 Å². The molecule has 1 aromatic heterocycles. The highest BCUT2D eigenvalue weighted by atomic mass is 16.3. The molecule has 0 saturated carbocycles. The van der Waals surface area contributed by atoms with Gasteiger partial charge in [-0.3, -0.25) is 9.59 Å². The van der Waals surface area contributed by atoms with E-state index >= 15 is 0 Å². The Bertz CT molecular complexity index is 975. The highest BCUT2D eigenvalue weighted by Crippen LogP contribution is 2.24. The molecule has 1 N–H and O–H groups in total. The van der Waals surface area contributed by atoms with Crippen molar-refractivity contribution in [1.82, 2.24) is 4.90 Å². The minimum atomic E-state index is -0.144. The van der Waals surface area contributed by atoms with Crippen LogP contribution in [0.25, 0.3) is 0 Å². The smallest absolute Gasteiger partial charge is 0.289 e. The van der Waals surface area contributed by atoms with Gasteiger partial charge in [0.1, 0.15) is 0 Å². The number of nitrogens with zero attached hydrogens (tertiary/aromatic N) is 1. The van der Waals surface area contributed by atoms with Crippen LogP contribution < -0.4 is 5.32 Å². The zero-order valence-corrected chi connectivity index (χ0v) is 15.1. The molecule has 0 fully saturated rings. The molecule has 0 bridgehead atoms. The molecule has 2 aromatic carbocycles. The summed E-state index contributed by atoms with van der Waals surface area (Å²) < 4.78 is 5.22. The fourth-order valence-corrected chi connectivity index (χ4v) is 3.27. The van der Waals surface area contributed by atoms with Gasteiger partial charge in [-0.2, -0.15) is 0 Å². The number of amides is 2. The number of carbonyl (C=O) groups is 2. The van der Waals surface area contributed by atoms with Crippen LogP contribution in [-0.2, 0) is 13.0 Å². The van der Waals surface area contributed by atoms with Gasteiger partial charge in [0, 0.05) is 24.3 Å². The van der Waals surface area contributed by atoms with E-state index in [2.05, 4.69) is 5.32 Å². The molecule has 0 unspecified atom stereocenters. The van der Waals surface area contributed by atoms with Crippen LogP contribution in [0.15, 0.2) is 65.3 Å². The molecular weight excluding hydrogens is 340 g/mol. The third kappa shape index (κ3) is 3.62. The first-order valence-electron chi connectivity index (χ1n) is 8.93. The zero-order chi connectivity index (χ0) is 18.8. The van der Waals surface area contributed by atoms with Crippen LogP contribution in [0.1, 0.15) is 37.6 Å². The SMILES string of the molecule is Cc1ccc(C(=O)Nc2ccc3c(c2)CN(C(=O)c2ccco2)CC3)cc1. The number of anilines is 1. The second kappa shape index (κ2) is 7.11. The largest absolute Gasteiger partial charge is 0.459 e. The van der Waals surface area contributed by atoms with Gasteiger partial charge in [0.05, 0.1) is 6.26 Å². The highest BCUT2D eigenvalue weighted by molar-refractivity contribution is 6.04. The van der Waals surface area contributed by atoms with Crippen LogP contribution >= 0.6 is 0 Å². The molecule has 4 rings (SSSR count). The van der Waals surface area contributed by atoms with Gasteiger partial charge in [0.15, 0.2) is 5.76 Å². The van der Waals surface area contributed by atoms with Gasteiger partial charge < -0.3 is 14.6 Å². The summed E-state index contributed by atoms with van der Waals surface area (Å²) >= 11 is 0. The average molecular weight is 360 g/mol. The third-order valence-corrected chi connectivity index (χ3v) is 4.81. The Morgan fingerprint density at radius 3 is 2.59 bits per heavy atom. The van der Waals surface area contributed by atoms with Crippen LogP contribution in [0.5, 0.6) is 0 Å². The second-order valence-electron chi connectivity index (χ2n) is 6.76. The lowest BCUT2D eigenvalue weighted by Gasteiger charge is -2.28. The lowest BCUT2D eigenvalue weighted by atomic mass is 9.98. The molecule has 27 heavy (non-hydrogen) atoms. The van der Waals surface area contributed by atoms with Gasteiger partial charge in [-0.15, -0.1) is 0 Å². The Labute approximate surface area is 157 Å². The summed E-state index contributed by atoms with van der Waals surface area (Å²) in [5.74, 6) is 0.0938. The number of hydrogen-bond acceptors (Lipinski definition) is 3. The Morgan fingerprint density at radius 1 is 1.04 bits per heavy atom. The normalized spacial score (nSPS) is 13.1. The molecule has 0 atom stereocenters. The first kappa shape index (κ1) is 17.1. The molecule has 0 aliphatic carbocycles. The number of furan rings is 1. The fraction of sp³-hybridized carbons (Fsp3) is 0.182. The van der Waals surface area contributed by atoms with Crippen molar-refractivity contribution in [3.63, 3.8) is 0 Å². The summed E-state index contributed by atoms with van der Waals surface area (Å²) in [7, 11) is 0. The summed E-state index contributed by atoms with van der Waals surface area (Å²) in [6, 6.07) is 16.7. The molecule has 5 heteroatoms. The third-order valence-electron chi connectivity index (χ3n) is 4.81. The summed E-state index contributed by atoms with van der Waals surface area (Å²) in [6.07, 6.45) is 2.29. The van der Waals surface area contributed by atoms with Crippen molar-refractivity contribution >= 4 is 17.5 Å². The van der Waals surface area contributed by atoms with Gasteiger partial charge in [-0.1, -0.05) is 23.8 Å². The molecular formula is C22H20N2O3. The molecule has 2 amide bonds. The Kier molecular flexibility index (Phi) is 4.50. The molecule has 136 valence electrons. The Morgan fingerprint density at radius 2 is 1.85 bits per heavy atom. The number of rotatable bonds is 3. The molecule has 5 nitrogen and oxygen atoms in total. The maximum atomic E-state index is 12.5. The zero-order valence-electron chi connectivity index (χ0n) is 15.1. The van der Waals surface area contributed by atoms with Crippen molar-refractivity contribution < 1.29 is 14.0 Å². The maximum absolute atomic E-state index is 12.5. The van der Waals surface area contributed by atoms with E-state index in [1.54, 1.807) is 17.0 Å². The van der Waals surface area contributed by atoms with Gasteiger partial charge in [0.25, 0.3) is 11.8 Å². The van der Waals surface area contributed by atoms with Gasteiger partial charge in [0.2, 0.25) is 0 Å². The summed E-state index contributed by atoms with van der Waals surface area (Å²) in [5.41, 5.74) is 4.70. The van der Waals surface area contributed by atoms with E-state index in [0.717, 1.165) is 23.2 Å². The molecule has 3 aromatic rings. The summed E-state index contributed by atoms with van der Waals surface area (Å²) in [5, 5.41) is 2.94. The van der Waals surface area contributed by atoms with Crippen molar-refractivity contribution in [2.75, 3.05) is 11.9 Å². The highest BCUT2D eigenvalue weighted by Gasteiger charge is 2.23. The van der Waals surface area contributed by atoms with E-state index in [9.17, 15) is 9.59 Å². The van der Waals surface area contributed by atoms with E-state index in [4.69, 9.17) is 4.42 Å². The van der Waals surface area contributed by atoms with E-state index < -0.39 is 0 Å². The van der Waals surface area contributed by atoms with E-state index in [1.807, 2.05) is 49.4 Å². The van der Waals surface area contributed by atoms with E-state index in [1.165, 1.54) is 11.8 Å². The predicted octanol–water partition coefficient (Wildman–Crippen LogP) is 4.04. The Balaban J connectivity index is 1.50. The summed E-state index contributed by atoms with van der Waals surface area (Å²) in [6.45, 7) is 3.14. The van der Waals surface area contributed by atoms with Crippen LogP contribution in [0.3, 0.4) is 0 Å². The molecule has 1 aliphatic heterocycles. The van der Waals surface area contributed by atoms with Crippen molar-refractivity contribution in [1.29, 1.82) is 0 Å². The first-order chi connectivity index (χ1) is 13.1. The second-order valence-corrected chi connectivity index (χ2v) is 6.76. The summed E-state index contributed by atoms with van der Waals surface area (Å²) in [4.78, 5) is 26.7. The lowest BCUT2D eigenvalue weighted by molar-refractivity contribution is 0.0702.